The molecule has 0 radical (unpaired) electrons. The van der Waals surface area contributed by atoms with Gasteiger partial charge in [-0.2, -0.15) is 0 Å². The van der Waals surface area contributed by atoms with Crippen molar-refractivity contribution in [2.75, 3.05) is 85.9 Å². The van der Waals surface area contributed by atoms with Gasteiger partial charge in [-0.15, -0.1) is 0 Å². The first-order valence-corrected chi connectivity index (χ1v) is 22.7. The lowest BCUT2D eigenvalue weighted by Crippen LogP contribution is -2.64. The predicted molar refractivity (Wildman–Crippen MR) is 246 cm³/mol. The van der Waals surface area contributed by atoms with Crippen molar-refractivity contribution in [2.45, 2.75) is 120 Å². The third kappa shape index (κ3) is 22.0. The minimum absolute atomic E-state index is 0.000473. The Bertz CT molecular complexity index is 1870. The summed E-state index contributed by atoms with van der Waals surface area (Å²) in [6, 6.07) is 0. The van der Waals surface area contributed by atoms with Crippen molar-refractivity contribution in [1.82, 2.24) is 0 Å². The zero-order valence-corrected chi connectivity index (χ0v) is 41.7. The number of ether oxygens (including phenoxy) is 13. The molecule has 5 unspecified atom stereocenters. The van der Waals surface area contributed by atoms with Crippen molar-refractivity contribution in [3.63, 3.8) is 0 Å². The second-order valence-corrected chi connectivity index (χ2v) is 17.4. The lowest BCUT2D eigenvalue weighted by molar-refractivity contribution is -0.393. The van der Waals surface area contributed by atoms with E-state index in [9.17, 15) is 64.8 Å². The monoisotopic (exact) mass is 1050 g/mol. The quantitative estimate of drug-likeness (QED) is 0.0180. The van der Waals surface area contributed by atoms with Crippen LogP contribution in [0.25, 0.3) is 0 Å². The Morgan fingerprint density at radius 3 is 1.23 bits per heavy atom. The summed E-state index contributed by atoms with van der Waals surface area (Å²) in [5, 5.41) is 86.8. The lowest BCUT2D eigenvalue weighted by Gasteiger charge is -2.45. The van der Waals surface area contributed by atoms with Crippen LogP contribution < -0.4 is 0 Å². The Balaban J connectivity index is 2.78. The highest BCUT2D eigenvalue weighted by Crippen LogP contribution is 2.41. The lowest BCUT2D eigenvalue weighted by atomic mass is 9.98. The molecule has 2 aliphatic rings. The van der Waals surface area contributed by atoms with E-state index in [1.165, 1.54) is 34.6 Å². The van der Waals surface area contributed by atoms with Crippen LogP contribution in [0.3, 0.4) is 0 Å². The number of carbonyl (C=O) groups is 5. The van der Waals surface area contributed by atoms with E-state index < -0.39 is 201 Å². The summed E-state index contributed by atoms with van der Waals surface area (Å²) in [6.07, 6.45) is -21.9. The number of aliphatic hydroxyl groups excluding tert-OH is 8. The molecule has 0 spiro atoms. The van der Waals surface area contributed by atoms with Gasteiger partial charge in [0.15, 0.2) is 6.29 Å². The van der Waals surface area contributed by atoms with Gasteiger partial charge in [-0.25, -0.2) is 24.0 Å². The molecule has 2 saturated heterocycles. The van der Waals surface area contributed by atoms with E-state index in [2.05, 4.69) is 32.9 Å². The van der Waals surface area contributed by atoms with Crippen molar-refractivity contribution < 1.29 is 126 Å². The fourth-order valence-corrected chi connectivity index (χ4v) is 6.18. The average Bonchev–Trinajstić information content (AvgIpc) is 3.61. The minimum atomic E-state index is -2.54. The zero-order chi connectivity index (χ0) is 55.2. The van der Waals surface area contributed by atoms with E-state index >= 15 is 0 Å². The molecule has 0 amide bonds. The zero-order valence-electron chi connectivity index (χ0n) is 41.7. The maximum absolute atomic E-state index is 12.2. The van der Waals surface area contributed by atoms with Gasteiger partial charge in [0.2, 0.25) is 5.79 Å². The van der Waals surface area contributed by atoms with Gasteiger partial charge in [0, 0.05) is 27.9 Å². The third-order valence-electron chi connectivity index (χ3n) is 10.0. The van der Waals surface area contributed by atoms with Crippen LogP contribution in [0.2, 0.25) is 0 Å². The molecule has 2 fully saturated rings. The van der Waals surface area contributed by atoms with E-state index in [1.807, 2.05) is 0 Å². The van der Waals surface area contributed by atoms with Gasteiger partial charge in [0.05, 0.1) is 46.2 Å². The molecule has 73 heavy (non-hydrogen) atoms. The van der Waals surface area contributed by atoms with Crippen LogP contribution in [-0.2, 0) is 85.6 Å². The molecule has 8 N–H and O–H groups in total. The smallest absolute Gasteiger partial charge is 0.333 e. The van der Waals surface area contributed by atoms with Gasteiger partial charge in [0.25, 0.3) is 0 Å². The largest absolute Gasteiger partial charge is 0.460 e. The first-order valence-electron chi connectivity index (χ1n) is 22.7. The molecule has 0 bridgehead atoms. The van der Waals surface area contributed by atoms with Crippen LogP contribution in [0.5, 0.6) is 0 Å². The second-order valence-electron chi connectivity index (χ2n) is 17.4. The molecule has 0 aromatic carbocycles. The van der Waals surface area contributed by atoms with Crippen LogP contribution >= 0.6 is 0 Å². The molecule has 0 aromatic heterocycles. The summed E-state index contributed by atoms with van der Waals surface area (Å²) < 4.78 is 74.0. The first-order chi connectivity index (χ1) is 34.2. The van der Waals surface area contributed by atoms with Crippen molar-refractivity contribution >= 4 is 29.8 Å². The van der Waals surface area contributed by atoms with Gasteiger partial charge in [-0.1, -0.05) is 32.9 Å². The number of aliphatic hydroxyl groups is 8. The Morgan fingerprint density at radius 1 is 0.493 bits per heavy atom. The van der Waals surface area contributed by atoms with Crippen LogP contribution in [0, 0.1) is 0 Å². The molecule has 14 atom stereocenters. The van der Waals surface area contributed by atoms with Crippen LogP contribution in [0.4, 0.5) is 0 Å². The van der Waals surface area contributed by atoms with Crippen LogP contribution in [-0.4, -0.2) is 242 Å². The van der Waals surface area contributed by atoms with Crippen LogP contribution in [0.15, 0.2) is 60.8 Å². The fourth-order valence-electron chi connectivity index (χ4n) is 6.18. The van der Waals surface area contributed by atoms with E-state index in [1.54, 1.807) is 0 Å². The van der Waals surface area contributed by atoms with E-state index in [-0.39, 0.29) is 27.9 Å². The Morgan fingerprint density at radius 2 is 0.849 bits per heavy atom. The third-order valence-corrected chi connectivity index (χ3v) is 10.0. The standard InChI is InChI=1S/C47H72O26/c1-24(2)41(56)66-17-29(49)12-61-22-35-38(63-14-31(51)19-68-43(58)26(5)6)40(65-16-33(53)21-70-45(60)28(9)10)47(72-35,23-62-13-30(50)18-67-42(57)25(3)4)73-46-39(37(55)36(54)34(11-48)71-46)64-15-32(52)20-69-44(59)27(7)8/h29-40,46,48-55H,1,3,5,7,9,11-23H2,2,4,6,8,10H3/t29?,30?,31?,32?,33?,34-,35-,36-,37+,38-,39-,40+,46-,47+/m1/s1. The maximum Gasteiger partial charge on any atom is 0.333 e. The van der Waals surface area contributed by atoms with Gasteiger partial charge in [0.1, 0.15) is 113 Å². The molecule has 0 aliphatic carbocycles. The summed E-state index contributed by atoms with van der Waals surface area (Å²) in [4.78, 5) is 60.5. The summed E-state index contributed by atoms with van der Waals surface area (Å²) in [6.45, 7) is 15.5. The van der Waals surface area contributed by atoms with Crippen molar-refractivity contribution in [3.8, 4) is 0 Å². The highest BCUT2D eigenvalue weighted by molar-refractivity contribution is 5.88. The van der Waals surface area contributed by atoms with Gasteiger partial charge < -0.3 is 102 Å². The van der Waals surface area contributed by atoms with Crippen molar-refractivity contribution in [1.29, 1.82) is 0 Å². The van der Waals surface area contributed by atoms with Gasteiger partial charge in [-0.05, 0) is 34.6 Å². The Hall–Kier alpha value is -4.59. The maximum atomic E-state index is 12.2. The number of esters is 5. The molecule has 2 heterocycles. The molecular weight excluding hydrogens is 980 g/mol. The average molecular weight is 1050 g/mol. The predicted octanol–water partition coefficient (Wildman–Crippen LogP) is -2.87. The topological polar surface area (TPSA) is 367 Å². The van der Waals surface area contributed by atoms with E-state index in [0.717, 1.165) is 0 Å². The molecule has 26 heteroatoms. The highest BCUT2D eigenvalue weighted by atomic mass is 16.8. The minimum Gasteiger partial charge on any atom is -0.460 e. The normalized spacial score (nSPS) is 25.8. The summed E-state index contributed by atoms with van der Waals surface area (Å²) in [5.74, 6) is -6.73. The number of hydrogen-bond donors (Lipinski definition) is 8. The summed E-state index contributed by atoms with van der Waals surface area (Å²) in [5.41, 5.74) is 0.106. The summed E-state index contributed by atoms with van der Waals surface area (Å²) >= 11 is 0. The Kier molecular flexibility index (Phi) is 28.3. The first kappa shape index (κ1) is 64.5. The highest BCUT2D eigenvalue weighted by Gasteiger charge is 2.61. The van der Waals surface area contributed by atoms with Crippen LogP contribution in [0.1, 0.15) is 34.6 Å². The molecule has 2 aliphatic heterocycles. The van der Waals surface area contributed by atoms with E-state index in [0.29, 0.717) is 0 Å². The molecule has 26 nitrogen and oxygen atoms in total. The molecule has 416 valence electrons. The second kappa shape index (κ2) is 32.0. The fraction of sp³-hybridized carbons (Fsp3) is 0.681. The molecule has 0 aromatic rings. The van der Waals surface area contributed by atoms with Gasteiger partial charge in [-0.3, -0.25) is 0 Å². The summed E-state index contributed by atoms with van der Waals surface area (Å²) in [7, 11) is 0. The Labute approximate surface area is 422 Å². The molecular formula is C47H72O26. The number of hydrogen-bond acceptors (Lipinski definition) is 26. The van der Waals surface area contributed by atoms with Crippen molar-refractivity contribution in [2.24, 2.45) is 0 Å². The number of carbonyl (C=O) groups excluding carboxylic acids is 5. The SMILES string of the molecule is C=C(C)C(=O)OCC(O)COC[C@H]1O[C@@](COCC(O)COC(=O)C(=C)C)(O[C@H]2O[C@H](CO)[C@@H](O)[C@H](O)[C@H]2OCC(O)COC(=O)C(=C)C)[C@@H](OCC(O)COC(=O)C(=C)C)[C@@H]1OCC(O)COC(=O)C(=C)C. The van der Waals surface area contributed by atoms with E-state index in [4.69, 9.17) is 61.6 Å². The van der Waals surface area contributed by atoms with Gasteiger partial charge >= 0.3 is 29.8 Å². The van der Waals surface area contributed by atoms with Crippen molar-refractivity contribution in [3.05, 3.63) is 60.8 Å². The molecule has 0 saturated carbocycles. The number of rotatable bonds is 35. The molecule has 2 rings (SSSR count).